The number of morpholine rings is 1. The van der Waals surface area contributed by atoms with E-state index in [4.69, 9.17) is 14.2 Å². The van der Waals surface area contributed by atoms with Crippen LogP contribution in [0.15, 0.2) is 17.0 Å². The first kappa shape index (κ1) is 20.9. The molecule has 1 aromatic rings. The minimum Gasteiger partial charge on any atom is -0.493 e. The van der Waals surface area contributed by atoms with E-state index in [1.807, 2.05) is 13.8 Å². The predicted octanol–water partition coefficient (Wildman–Crippen LogP) is 1.48. The molecule has 0 bridgehead atoms. The van der Waals surface area contributed by atoms with E-state index >= 15 is 0 Å². The predicted molar refractivity (Wildman–Crippen MR) is 95.7 cm³/mol. The van der Waals surface area contributed by atoms with E-state index < -0.39 is 20.7 Å². The maximum Gasteiger partial charge on any atom is 0.243 e. The smallest absolute Gasteiger partial charge is 0.243 e. The number of halogens is 1. The molecular weight excluding hydrogens is 363 g/mol. The summed E-state index contributed by atoms with van der Waals surface area (Å²) in [6.07, 6.45) is 0. The Morgan fingerprint density at radius 1 is 1.19 bits per heavy atom. The van der Waals surface area contributed by atoms with E-state index in [0.29, 0.717) is 13.2 Å². The molecule has 1 heterocycles. The molecule has 2 rings (SSSR count). The zero-order valence-corrected chi connectivity index (χ0v) is 16.4. The molecule has 1 N–H and O–H groups in total. The lowest BCUT2D eigenvalue weighted by Gasteiger charge is -2.36. The van der Waals surface area contributed by atoms with E-state index in [1.165, 1.54) is 14.2 Å². The molecular formula is C17H27FN2O5S. The lowest BCUT2D eigenvalue weighted by Crippen LogP contribution is -2.51. The molecule has 1 unspecified atom stereocenters. The van der Waals surface area contributed by atoms with Gasteiger partial charge in [0.15, 0.2) is 11.5 Å². The summed E-state index contributed by atoms with van der Waals surface area (Å²) in [7, 11) is -1.31. The lowest BCUT2D eigenvalue weighted by molar-refractivity contribution is 0.00776. The number of nitrogens with one attached hydrogen (secondary N) is 1. The van der Waals surface area contributed by atoms with Gasteiger partial charge in [0.05, 0.1) is 27.4 Å². The number of rotatable bonds is 8. The highest BCUT2D eigenvalue weighted by atomic mass is 32.2. The highest BCUT2D eigenvalue weighted by Crippen LogP contribution is 2.31. The van der Waals surface area contributed by atoms with Gasteiger partial charge in [-0.15, -0.1) is 0 Å². The maximum absolute atomic E-state index is 14.3. The first-order valence-corrected chi connectivity index (χ1v) is 10.0. The summed E-state index contributed by atoms with van der Waals surface area (Å²) in [6.45, 7) is 7.00. The molecule has 0 radical (unpaired) electrons. The molecule has 1 fully saturated rings. The third-order valence-electron chi connectivity index (χ3n) is 4.49. The quantitative estimate of drug-likeness (QED) is 0.725. The first-order valence-electron chi connectivity index (χ1n) is 8.53. The van der Waals surface area contributed by atoms with Crippen LogP contribution in [-0.2, 0) is 14.8 Å². The summed E-state index contributed by atoms with van der Waals surface area (Å²) in [5, 5.41) is 0. The number of ether oxygens (including phenoxy) is 3. The van der Waals surface area contributed by atoms with Gasteiger partial charge in [0.2, 0.25) is 10.0 Å². The van der Waals surface area contributed by atoms with Crippen LogP contribution in [0.25, 0.3) is 0 Å². The molecule has 148 valence electrons. The summed E-state index contributed by atoms with van der Waals surface area (Å²) < 4.78 is 57.5. The highest BCUT2D eigenvalue weighted by Gasteiger charge is 2.28. The first-order chi connectivity index (χ1) is 12.3. The van der Waals surface area contributed by atoms with Gasteiger partial charge in [-0.1, -0.05) is 13.8 Å². The lowest BCUT2D eigenvalue weighted by atomic mass is 10.0. The van der Waals surface area contributed by atoms with E-state index in [0.717, 1.165) is 25.2 Å². The normalized spacial score (nSPS) is 17.3. The average molecular weight is 390 g/mol. The Hall–Kier alpha value is -1.42. The second-order valence-electron chi connectivity index (χ2n) is 6.45. The van der Waals surface area contributed by atoms with Gasteiger partial charge in [-0.25, -0.2) is 17.5 Å². The molecule has 1 aliphatic heterocycles. The summed E-state index contributed by atoms with van der Waals surface area (Å²) in [5.41, 5.74) is 0. The fourth-order valence-electron chi connectivity index (χ4n) is 3.01. The molecule has 1 aliphatic rings. The molecule has 0 aliphatic carbocycles. The molecule has 9 heteroatoms. The molecule has 0 spiro atoms. The van der Waals surface area contributed by atoms with Crippen molar-refractivity contribution in [2.75, 3.05) is 47.1 Å². The van der Waals surface area contributed by atoms with Crippen LogP contribution in [0.3, 0.4) is 0 Å². The zero-order valence-electron chi connectivity index (χ0n) is 15.6. The third-order valence-corrected chi connectivity index (χ3v) is 5.93. The van der Waals surface area contributed by atoms with Crippen molar-refractivity contribution in [1.82, 2.24) is 9.62 Å². The molecule has 0 amide bonds. The van der Waals surface area contributed by atoms with Crippen molar-refractivity contribution in [2.24, 2.45) is 5.92 Å². The van der Waals surface area contributed by atoms with Crippen LogP contribution in [0.5, 0.6) is 11.5 Å². The maximum atomic E-state index is 14.3. The monoisotopic (exact) mass is 390 g/mol. The molecule has 1 aromatic carbocycles. The minimum atomic E-state index is -4.03. The number of hydrogen-bond acceptors (Lipinski definition) is 6. The molecule has 26 heavy (non-hydrogen) atoms. The second-order valence-corrected chi connectivity index (χ2v) is 8.18. The number of sulfonamides is 1. The van der Waals surface area contributed by atoms with Crippen molar-refractivity contribution in [3.63, 3.8) is 0 Å². The van der Waals surface area contributed by atoms with E-state index in [2.05, 4.69) is 9.62 Å². The van der Waals surface area contributed by atoms with Gasteiger partial charge in [-0.3, -0.25) is 4.90 Å². The summed E-state index contributed by atoms with van der Waals surface area (Å²) in [6, 6.07) is 2.14. The molecule has 0 saturated carbocycles. The van der Waals surface area contributed by atoms with Gasteiger partial charge in [-0.05, 0) is 5.92 Å². The standard InChI is InChI=1S/C17H27FN2O5S/c1-12(2)14(20-5-7-25-8-6-20)11-19-26(21,22)17-10-16(24-4)15(23-3)9-13(17)18/h9-10,12,14,19H,5-8,11H2,1-4H3. The van der Waals surface area contributed by atoms with Crippen LogP contribution in [0.4, 0.5) is 4.39 Å². The Bertz CT molecular complexity index is 705. The molecule has 7 nitrogen and oxygen atoms in total. The Morgan fingerprint density at radius 3 is 2.31 bits per heavy atom. The Morgan fingerprint density at radius 2 is 1.77 bits per heavy atom. The van der Waals surface area contributed by atoms with Gasteiger partial charge in [0, 0.05) is 37.8 Å². The Kier molecular flexibility index (Phi) is 7.22. The van der Waals surface area contributed by atoms with Crippen LogP contribution in [-0.4, -0.2) is 66.4 Å². The van der Waals surface area contributed by atoms with Crippen LogP contribution < -0.4 is 14.2 Å². The number of hydrogen-bond donors (Lipinski definition) is 1. The van der Waals surface area contributed by atoms with Crippen LogP contribution >= 0.6 is 0 Å². The third kappa shape index (κ3) is 4.85. The summed E-state index contributed by atoms with van der Waals surface area (Å²) >= 11 is 0. The zero-order chi connectivity index (χ0) is 19.3. The van der Waals surface area contributed by atoms with Gasteiger partial charge >= 0.3 is 0 Å². The van der Waals surface area contributed by atoms with E-state index in [-0.39, 0.29) is 30.0 Å². The van der Waals surface area contributed by atoms with Gasteiger partial charge < -0.3 is 14.2 Å². The topological polar surface area (TPSA) is 77.1 Å². The fourth-order valence-corrected chi connectivity index (χ4v) is 4.13. The average Bonchev–Trinajstić information content (AvgIpc) is 2.61. The van der Waals surface area contributed by atoms with Crippen LogP contribution in [0, 0.1) is 11.7 Å². The van der Waals surface area contributed by atoms with Crippen molar-refractivity contribution < 1.29 is 27.0 Å². The van der Waals surface area contributed by atoms with Crippen LogP contribution in [0.2, 0.25) is 0 Å². The molecule has 1 saturated heterocycles. The van der Waals surface area contributed by atoms with Crippen molar-refractivity contribution in [3.05, 3.63) is 17.9 Å². The van der Waals surface area contributed by atoms with Crippen molar-refractivity contribution in [2.45, 2.75) is 24.8 Å². The van der Waals surface area contributed by atoms with E-state index in [9.17, 15) is 12.8 Å². The number of benzene rings is 1. The summed E-state index contributed by atoms with van der Waals surface area (Å²) in [4.78, 5) is 1.74. The van der Waals surface area contributed by atoms with Gasteiger partial charge in [0.25, 0.3) is 0 Å². The number of nitrogens with zero attached hydrogens (tertiary/aromatic N) is 1. The Balaban J connectivity index is 2.19. The fraction of sp³-hybridized carbons (Fsp3) is 0.647. The Labute approximate surface area is 154 Å². The SMILES string of the molecule is COc1cc(F)c(S(=O)(=O)NCC(C(C)C)N2CCOCC2)cc1OC. The van der Waals surface area contributed by atoms with Gasteiger partial charge in [-0.2, -0.15) is 0 Å². The minimum absolute atomic E-state index is 0.00289. The second kappa shape index (κ2) is 8.98. The molecule has 0 aromatic heterocycles. The largest absolute Gasteiger partial charge is 0.493 e. The number of methoxy groups -OCH3 is 2. The highest BCUT2D eigenvalue weighted by molar-refractivity contribution is 7.89. The van der Waals surface area contributed by atoms with Crippen molar-refractivity contribution >= 4 is 10.0 Å². The van der Waals surface area contributed by atoms with Crippen LogP contribution in [0.1, 0.15) is 13.8 Å². The molecule has 1 atom stereocenters. The van der Waals surface area contributed by atoms with Crippen molar-refractivity contribution in [1.29, 1.82) is 0 Å². The van der Waals surface area contributed by atoms with E-state index in [1.54, 1.807) is 0 Å². The summed E-state index contributed by atoms with van der Waals surface area (Å²) in [5.74, 6) is -0.367. The van der Waals surface area contributed by atoms with Crippen molar-refractivity contribution in [3.8, 4) is 11.5 Å². The van der Waals surface area contributed by atoms with Gasteiger partial charge in [0.1, 0.15) is 10.7 Å².